The van der Waals surface area contributed by atoms with Gasteiger partial charge in [0.1, 0.15) is 5.82 Å². The van der Waals surface area contributed by atoms with E-state index in [0.29, 0.717) is 12.0 Å². The quantitative estimate of drug-likeness (QED) is 0.893. The second-order valence-corrected chi connectivity index (χ2v) is 5.91. The Morgan fingerprint density at radius 2 is 1.90 bits per heavy atom. The number of hydrogen-bond donors (Lipinski definition) is 1. The van der Waals surface area contributed by atoms with Crippen LogP contribution in [0, 0.1) is 5.82 Å². The van der Waals surface area contributed by atoms with E-state index in [4.69, 9.17) is 0 Å². The molecule has 4 rings (SSSR count). The molecule has 2 aliphatic carbocycles. The van der Waals surface area contributed by atoms with Crippen LogP contribution in [0.2, 0.25) is 0 Å². The van der Waals surface area contributed by atoms with Crippen molar-refractivity contribution in [3.8, 4) is 0 Å². The summed E-state index contributed by atoms with van der Waals surface area (Å²) in [5, 5.41) is 3.64. The predicted molar refractivity (Wildman–Crippen MR) is 78.4 cm³/mol. The first-order valence-corrected chi connectivity index (χ1v) is 7.41. The van der Waals surface area contributed by atoms with Crippen LogP contribution in [0.3, 0.4) is 0 Å². The number of benzene rings is 2. The summed E-state index contributed by atoms with van der Waals surface area (Å²) >= 11 is 0. The molecule has 2 atom stereocenters. The molecule has 0 spiro atoms. The van der Waals surface area contributed by atoms with E-state index in [-0.39, 0.29) is 5.82 Å². The van der Waals surface area contributed by atoms with Crippen LogP contribution in [-0.2, 0) is 12.8 Å². The molecule has 20 heavy (non-hydrogen) atoms. The molecule has 2 aromatic rings. The second-order valence-electron chi connectivity index (χ2n) is 5.91. The molecule has 0 aliphatic heterocycles. The summed E-state index contributed by atoms with van der Waals surface area (Å²) < 4.78 is 13.7. The van der Waals surface area contributed by atoms with Crippen molar-refractivity contribution in [2.24, 2.45) is 0 Å². The van der Waals surface area contributed by atoms with Crippen LogP contribution in [0.25, 0.3) is 0 Å². The molecular formula is C18H18FN. The smallest absolute Gasteiger partial charge is 0.126 e. The average molecular weight is 267 g/mol. The summed E-state index contributed by atoms with van der Waals surface area (Å²) in [4.78, 5) is 0. The van der Waals surface area contributed by atoms with E-state index >= 15 is 0 Å². The Morgan fingerprint density at radius 1 is 1.05 bits per heavy atom. The van der Waals surface area contributed by atoms with Gasteiger partial charge in [-0.1, -0.05) is 36.4 Å². The maximum Gasteiger partial charge on any atom is 0.126 e. The van der Waals surface area contributed by atoms with E-state index in [0.717, 1.165) is 30.5 Å². The molecule has 1 N–H and O–H groups in total. The van der Waals surface area contributed by atoms with Crippen LogP contribution in [0.5, 0.6) is 0 Å². The van der Waals surface area contributed by atoms with Gasteiger partial charge in [-0.3, -0.25) is 0 Å². The Kier molecular flexibility index (Phi) is 2.85. The molecule has 0 aromatic heterocycles. The van der Waals surface area contributed by atoms with Crippen LogP contribution in [-0.4, -0.2) is 6.54 Å². The fraction of sp³-hybridized carbons (Fsp3) is 0.333. The van der Waals surface area contributed by atoms with Crippen molar-refractivity contribution in [3.05, 3.63) is 70.5 Å². The van der Waals surface area contributed by atoms with E-state index in [1.54, 1.807) is 6.07 Å². The van der Waals surface area contributed by atoms with Gasteiger partial charge in [-0.05, 0) is 47.6 Å². The fourth-order valence-corrected chi connectivity index (χ4v) is 3.65. The number of nitrogens with one attached hydrogen (secondary N) is 1. The standard InChI is InChI=1S/C18H18FN/c19-17-7-3-6-16-15(17)8-9-18(16)20-11-13-10-12-4-1-2-5-14(12)13/h1-7,13,18,20H,8-11H2. The average Bonchev–Trinajstić information content (AvgIpc) is 2.85. The zero-order valence-corrected chi connectivity index (χ0v) is 11.4. The van der Waals surface area contributed by atoms with Crippen molar-refractivity contribution in [3.63, 3.8) is 0 Å². The second kappa shape index (κ2) is 4.71. The molecule has 0 saturated heterocycles. The van der Waals surface area contributed by atoms with Crippen molar-refractivity contribution in [2.45, 2.75) is 31.2 Å². The zero-order valence-electron chi connectivity index (χ0n) is 11.4. The van der Waals surface area contributed by atoms with Gasteiger partial charge in [-0.25, -0.2) is 4.39 Å². The minimum absolute atomic E-state index is 0.0409. The molecule has 0 heterocycles. The maximum absolute atomic E-state index is 13.7. The van der Waals surface area contributed by atoms with Gasteiger partial charge in [0.2, 0.25) is 0 Å². The van der Waals surface area contributed by atoms with Crippen LogP contribution in [0.15, 0.2) is 42.5 Å². The minimum Gasteiger partial charge on any atom is -0.309 e. The van der Waals surface area contributed by atoms with E-state index in [1.165, 1.54) is 17.5 Å². The molecule has 0 amide bonds. The Balaban J connectivity index is 1.45. The molecule has 0 fully saturated rings. The molecule has 0 radical (unpaired) electrons. The molecule has 0 saturated carbocycles. The Hall–Kier alpha value is -1.67. The summed E-state index contributed by atoms with van der Waals surface area (Å²) in [6, 6.07) is 14.5. The third-order valence-electron chi connectivity index (χ3n) is 4.79. The highest BCUT2D eigenvalue weighted by molar-refractivity contribution is 5.40. The molecule has 2 aromatic carbocycles. The number of hydrogen-bond acceptors (Lipinski definition) is 1. The van der Waals surface area contributed by atoms with Crippen LogP contribution in [0.4, 0.5) is 4.39 Å². The lowest BCUT2D eigenvalue weighted by Crippen LogP contribution is -2.31. The van der Waals surface area contributed by atoms with Crippen LogP contribution in [0.1, 0.15) is 40.6 Å². The number of rotatable bonds is 3. The Bertz CT molecular complexity index is 650. The van der Waals surface area contributed by atoms with E-state index in [2.05, 4.69) is 35.6 Å². The fourth-order valence-electron chi connectivity index (χ4n) is 3.65. The first-order valence-electron chi connectivity index (χ1n) is 7.41. The molecule has 2 unspecified atom stereocenters. The molecule has 0 bridgehead atoms. The molecule has 1 nitrogen and oxygen atoms in total. The van der Waals surface area contributed by atoms with Crippen molar-refractivity contribution < 1.29 is 4.39 Å². The van der Waals surface area contributed by atoms with Crippen molar-refractivity contribution in [1.82, 2.24) is 5.32 Å². The highest BCUT2D eigenvalue weighted by Gasteiger charge is 2.28. The molecular weight excluding hydrogens is 249 g/mol. The first-order chi connectivity index (χ1) is 9.83. The van der Waals surface area contributed by atoms with Crippen LogP contribution < -0.4 is 5.32 Å². The van der Waals surface area contributed by atoms with Gasteiger partial charge >= 0.3 is 0 Å². The van der Waals surface area contributed by atoms with Crippen molar-refractivity contribution in [2.75, 3.05) is 6.54 Å². The van der Waals surface area contributed by atoms with Gasteiger partial charge in [-0.15, -0.1) is 0 Å². The van der Waals surface area contributed by atoms with Gasteiger partial charge in [0.05, 0.1) is 0 Å². The van der Waals surface area contributed by atoms with Gasteiger partial charge in [-0.2, -0.15) is 0 Å². The number of fused-ring (bicyclic) bond motifs is 2. The lowest BCUT2D eigenvalue weighted by Gasteiger charge is -2.31. The van der Waals surface area contributed by atoms with E-state index in [9.17, 15) is 4.39 Å². The summed E-state index contributed by atoms with van der Waals surface area (Å²) in [6.45, 7) is 0.998. The van der Waals surface area contributed by atoms with E-state index < -0.39 is 0 Å². The molecule has 102 valence electrons. The lowest BCUT2D eigenvalue weighted by molar-refractivity contribution is 0.467. The first kappa shape index (κ1) is 12.1. The summed E-state index contributed by atoms with van der Waals surface area (Å²) in [7, 11) is 0. The van der Waals surface area contributed by atoms with Crippen LogP contribution >= 0.6 is 0 Å². The molecule has 2 aliphatic rings. The van der Waals surface area contributed by atoms with Gasteiger partial charge < -0.3 is 5.32 Å². The van der Waals surface area contributed by atoms with Gasteiger partial charge in [0.25, 0.3) is 0 Å². The minimum atomic E-state index is -0.0409. The van der Waals surface area contributed by atoms with E-state index in [1.807, 2.05) is 6.07 Å². The maximum atomic E-state index is 13.7. The van der Waals surface area contributed by atoms with Gasteiger partial charge in [0.15, 0.2) is 0 Å². The summed E-state index contributed by atoms with van der Waals surface area (Å²) in [5.74, 6) is 0.588. The predicted octanol–water partition coefficient (Wildman–Crippen LogP) is 3.74. The highest BCUT2D eigenvalue weighted by Crippen LogP contribution is 2.36. The Labute approximate surface area is 118 Å². The lowest BCUT2D eigenvalue weighted by atomic mass is 9.77. The third kappa shape index (κ3) is 1.87. The zero-order chi connectivity index (χ0) is 13.5. The van der Waals surface area contributed by atoms with Gasteiger partial charge in [0, 0.05) is 18.5 Å². The largest absolute Gasteiger partial charge is 0.309 e. The third-order valence-corrected chi connectivity index (χ3v) is 4.79. The SMILES string of the molecule is Fc1cccc2c1CCC2NCC1Cc2ccccc21. The highest BCUT2D eigenvalue weighted by atomic mass is 19.1. The summed E-state index contributed by atoms with van der Waals surface area (Å²) in [5.41, 5.74) is 5.05. The van der Waals surface area contributed by atoms with Crippen molar-refractivity contribution in [1.29, 1.82) is 0 Å². The Morgan fingerprint density at radius 3 is 2.80 bits per heavy atom. The summed E-state index contributed by atoms with van der Waals surface area (Å²) in [6.07, 6.45) is 3.05. The monoisotopic (exact) mass is 267 g/mol. The topological polar surface area (TPSA) is 12.0 Å². The van der Waals surface area contributed by atoms with Crippen molar-refractivity contribution >= 4 is 0 Å². The number of halogens is 1. The normalized spacial score (nSPS) is 23.1. The molecule has 2 heteroatoms.